The molecule has 0 aliphatic heterocycles. The predicted octanol–water partition coefficient (Wildman–Crippen LogP) is 3.65. The summed E-state index contributed by atoms with van der Waals surface area (Å²) < 4.78 is 5.34. The lowest BCUT2D eigenvalue weighted by atomic mass is 9.81. The number of carbonyl (C=O) groups is 2. The van der Waals surface area contributed by atoms with Gasteiger partial charge in [0.05, 0.1) is 23.2 Å². The summed E-state index contributed by atoms with van der Waals surface area (Å²) in [6.07, 6.45) is 4.12. The van der Waals surface area contributed by atoms with E-state index in [1.165, 1.54) is 0 Å². The highest BCUT2D eigenvalue weighted by molar-refractivity contribution is 5.95. The number of imidazole rings is 1. The number of hydrogen-bond donors (Lipinski definition) is 3. The molecule has 3 N–H and O–H groups in total. The first-order valence-electron chi connectivity index (χ1n) is 8.67. The van der Waals surface area contributed by atoms with Crippen LogP contribution in [0.3, 0.4) is 0 Å². The Morgan fingerprint density at radius 2 is 2.08 bits per heavy atom. The number of carbonyl (C=O) groups excluding carboxylic acids is 1. The molecule has 1 aromatic carbocycles. The van der Waals surface area contributed by atoms with Crippen LogP contribution < -0.4 is 5.32 Å². The quantitative estimate of drug-likeness (QED) is 0.663. The number of aliphatic carboxylic acids is 1. The number of fused-ring (bicyclic) bond motifs is 1. The summed E-state index contributed by atoms with van der Waals surface area (Å²) in [5, 5.41) is 12.1. The number of aromatic nitrogens is 2. The van der Waals surface area contributed by atoms with Gasteiger partial charge in [0.15, 0.2) is 11.6 Å². The van der Waals surface area contributed by atoms with E-state index in [0.717, 1.165) is 23.9 Å². The van der Waals surface area contributed by atoms with Crippen molar-refractivity contribution in [1.82, 2.24) is 9.97 Å². The second-order valence-corrected chi connectivity index (χ2v) is 6.68. The lowest BCUT2D eigenvalue weighted by molar-refractivity contribution is -0.143. The highest BCUT2D eigenvalue weighted by atomic mass is 16.4. The summed E-state index contributed by atoms with van der Waals surface area (Å²) in [4.78, 5) is 31.3. The van der Waals surface area contributed by atoms with Crippen LogP contribution in [0.1, 0.15) is 25.7 Å². The van der Waals surface area contributed by atoms with Gasteiger partial charge in [0.1, 0.15) is 0 Å². The van der Waals surface area contributed by atoms with Gasteiger partial charge < -0.3 is 19.8 Å². The van der Waals surface area contributed by atoms with E-state index in [2.05, 4.69) is 15.3 Å². The molecule has 134 valence electrons. The Balaban J connectivity index is 1.50. The topological polar surface area (TPSA) is 108 Å². The normalized spacial score (nSPS) is 20.2. The summed E-state index contributed by atoms with van der Waals surface area (Å²) in [7, 11) is 0. The largest absolute Gasteiger partial charge is 0.481 e. The number of benzene rings is 1. The van der Waals surface area contributed by atoms with Crippen molar-refractivity contribution in [1.29, 1.82) is 0 Å². The molecular weight excluding hydrogens is 334 g/mol. The van der Waals surface area contributed by atoms with Crippen molar-refractivity contribution in [2.24, 2.45) is 11.8 Å². The van der Waals surface area contributed by atoms with Gasteiger partial charge in [-0.2, -0.15) is 0 Å². The fraction of sp³-hybridized carbons (Fsp3) is 0.316. The molecule has 26 heavy (non-hydrogen) atoms. The molecule has 0 bridgehead atoms. The van der Waals surface area contributed by atoms with Crippen molar-refractivity contribution in [3.05, 3.63) is 36.6 Å². The molecule has 0 radical (unpaired) electrons. The molecule has 0 saturated heterocycles. The number of anilines is 1. The van der Waals surface area contributed by atoms with Crippen LogP contribution in [0.4, 0.5) is 5.69 Å². The number of carboxylic acids is 1. The number of furan rings is 1. The van der Waals surface area contributed by atoms with Crippen LogP contribution >= 0.6 is 0 Å². The maximum Gasteiger partial charge on any atom is 0.306 e. The lowest BCUT2D eigenvalue weighted by Crippen LogP contribution is -2.30. The highest BCUT2D eigenvalue weighted by Crippen LogP contribution is 2.30. The third kappa shape index (κ3) is 3.20. The molecule has 3 aromatic rings. The highest BCUT2D eigenvalue weighted by Gasteiger charge is 2.31. The Morgan fingerprint density at radius 1 is 1.23 bits per heavy atom. The number of carboxylic acid groups (broad SMARTS) is 1. The van der Waals surface area contributed by atoms with Crippen LogP contribution in [-0.2, 0) is 9.59 Å². The molecule has 7 nitrogen and oxygen atoms in total. The molecule has 1 fully saturated rings. The van der Waals surface area contributed by atoms with Gasteiger partial charge in [0.25, 0.3) is 0 Å². The van der Waals surface area contributed by atoms with E-state index in [-0.39, 0.29) is 11.8 Å². The van der Waals surface area contributed by atoms with E-state index in [1.807, 2.05) is 18.2 Å². The maximum absolute atomic E-state index is 12.5. The maximum atomic E-state index is 12.5. The summed E-state index contributed by atoms with van der Waals surface area (Å²) in [5.74, 6) is -0.349. The van der Waals surface area contributed by atoms with E-state index in [4.69, 9.17) is 4.42 Å². The zero-order valence-corrected chi connectivity index (χ0v) is 14.1. The molecule has 7 heteroatoms. The molecule has 4 rings (SSSR count). The second kappa shape index (κ2) is 6.67. The number of nitrogens with zero attached hydrogens (tertiary/aromatic N) is 1. The van der Waals surface area contributed by atoms with Crippen molar-refractivity contribution in [3.63, 3.8) is 0 Å². The SMILES string of the molecule is O=C(O)C1CCCC(C(=O)Nc2ccc3nc(-c4ccco4)[nH]c3c2)C1. The minimum absolute atomic E-state index is 0.124. The van der Waals surface area contributed by atoms with E-state index >= 15 is 0 Å². The molecule has 2 heterocycles. The zero-order valence-electron chi connectivity index (χ0n) is 14.1. The number of H-pyrrole nitrogens is 1. The molecule has 1 saturated carbocycles. The fourth-order valence-corrected chi connectivity index (χ4v) is 3.51. The summed E-state index contributed by atoms with van der Waals surface area (Å²) in [5.41, 5.74) is 2.23. The number of rotatable bonds is 4. The third-order valence-corrected chi connectivity index (χ3v) is 4.90. The van der Waals surface area contributed by atoms with E-state index in [1.54, 1.807) is 18.4 Å². The van der Waals surface area contributed by atoms with Gasteiger partial charge in [0, 0.05) is 11.6 Å². The standard InChI is InChI=1S/C19H19N3O4/c23-18(11-3-1-4-12(9-11)19(24)25)20-13-6-7-14-15(10-13)22-17(21-14)16-5-2-8-26-16/h2,5-8,10-12H,1,3-4,9H2,(H,20,23)(H,21,22)(H,24,25). The summed E-state index contributed by atoms with van der Waals surface area (Å²) in [6, 6.07) is 9.06. The monoisotopic (exact) mass is 353 g/mol. The minimum atomic E-state index is -0.813. The van der Waals surface area contributed by atoms with Crippen LogP contribution in [0.5, 0.6) is 0 Å². The minimum Gasteiger partial charge on any atom is -0.481 e. The van der Waals surface area contributed by atoms with Crippen LogP contribution in [0.2, 0.25) is 0 Å². The fourth-order valence-electron chi connectivity index (χ4n) is 3.51. The predicted molar refractivity (Wildman–Crippen MR) is 95.5 cm³/mol. The van der Waals surface area contributed by atoms with Crippen LogP contribution in [0, 0.1) is 11.8 Å². The Morgan fingerprint density at radius 3 is 2.85 bits per heavy atom. The Hall–Kier alpha value is -3.09. The van der Waals surface area contributed by atoms with Gasteiger partial charge in [-0.05, 0) is 49.6 Å². The van der Waals surface area contributed by atoms with E-state index in [9.17, 15) is 14.7 Å². The molecule has 1 aliphatic carbocycles. The van der Waals surface area contributed by atoms with Crippen molar-refractivity contribution in [3.8, 4) is 11.6 Å². The molecule has 1 aliphatic rings. The first kappa shape index (κ1) is 16.4. The zero-order chi connectivity index (χ0) is 18.1. The number of nitrogens with one attached hydrogen (secondary N) is 2. The first-order valence-corrected chi connectivity index (χ1v) is 8.67. The molecule has 1 amide bonds. The Kier molecular flexibility index (Phi) is 4.20. The average molecular weight is 353 g/mol. The molecule has 2 atom stereocenters. The number of amides is 1. The number of aromatic amines is 1. The van der Waals surface area contributed by atoms with Crippen LogP contribution in [0.25, 0.3) is 22.6 Å². The van der Waals surface area contributed by atoms with Gasteiger partial charge in [-0.3, -0.25) is 9.59 Å². The molecule has 0 spiro atoms. The van der Waals surface area contributed by atoms with Gasteiger partial charge in [-0.15, -0.1) is 0 Å². The van der Waals surface area contributed by atoms with Crippen molar-refractivity contribution < 1.29 is 19.1 Å². The molecule has 2 aromatic heterocycles. The number of hydrogen-bond acceptors (Lipinski definition) is 4. The summed E-state index contributed by atoms with van der Waals surface area (Å²) >= 11 is 0. The lowest BCUT2D eigenvalue weighted by Gasteiger charge is -2.25. The van der Waals surface area contributed by atoms with Gasteiger partial charge in [0.2, 0.25) is 5.91 Å². The summed E-state index contributed by atoms with van der Waals surface area (Å²) in [6.45, 7) is 0. The van der Waals surface area contributed by atoms with Gasteiger partial charge >= 0.3 is 5.97 Å². The Labute approximate surface area is 149 Å². The van der Waals surface area contributed by atoms with Gasteiger partial charge in [-0.1, -0.05) is 6.42 Å². The Bertz CT molecular complexity index is 945. The second-order valence-electron chi connectivity index (χ2n) is 6.68. The van der Waals surface area contributed by atoms with E-state index in [0.29, 0.717) is 30.1 Å². The molecule has 2 unspecified atom stereocenters. The molecular formula is C19H19N3O4. The van der Waals surface area contributed by atoms with E-state index < -0.39 is 11.9 Å². The van der Waals surface area contributed by atoms with Crippen molar-refractivity contribution >= 4 is 28.6 Å². The van der Waals surface area contributed by atoms with Crippen molar-refractivity contribution in [2.45, 2.75) is 25.7 Å². The van der Waals surface area contributed by atoms with Crippen LogP contribution in [0.15, 0.2) is 41.0 Å². The van der Waals surface area contributed by atoms with Crippen molar-refractivity contribution in [2.75, 3.05) is 5.32 Å². The van der Waals surface area contributed by atoms with Crippen LogP contribution in [-0.4, -0.2) is 27.0 Å². The smallest absolute Gasteiger partial charge is 0.306 e. The van der Waals surface area contributed by atoms with Gasteiger partial charge in [-0.25, -0.2) is 4.98 Å². The average Bonchev–Trinajstić information content (AvgIpc) is 3.30. The first-order chi connectivity index (χ1) is 12.6. The third-order valence-electron chi connectivity index (χ3n) is 4.90.